The summed E-state index contributed by atoms with van der Waals surface area (Å²) in [5, 5.41) is 3.26. The molecule has 0 aromatic heterocycles. The van der Waals surface area contributed by atoms with Crippen LogP contribution in [0.5, 0.6) is 0 Å². The Morgan fingerprint density at radius 3 is 2.26 bits per heavy atom. The maximum Gasteiger partial charge on any atom is 0.278 e. The first kappa shape index (κ1) is 24.0. The van der Waals surface area contributed by atoms with Crippen molar-refractivity contribution in [1.29, 1.82) is 0 Å². The molecule has 1 saturated heterocycles. The fourth-order valence-corrected chi connectivity index (χ4v) is 4.64. The number of anilines is 2. The van der Waals surface area contributed by atoms with Crippen LogP contribution in [0.2, 0.25) is 0 Å². The van der Waals surface area contributed by atoms with E-state index in [1.54, 1.807) is 7.11 Å². The molecule has 2 amide bonds. The third kappa shape index (κ3) is 4.86. The van der Waals surface area contributed by atoms with Gasteiger partial charge in [0.15, 0.2) is 0 Å². The molecule has 1 fully saturated rings. The molecule has 4 rings (SSSR count). The number of nitrogens with zero attached hydrogens (tertiary/aromatic N) is 3. The summed E-state index contributed by atoms with van der Waals surface area (Å²) < 4.78 is 5.13. The van der Waals surface area contributed by atoms with Gasteiger partial charge in [-0.15, -0.1) is 0 Å². The molecule has 7 heteroatoms. The molecule has 0 atom stereocenters. The van der Waals surface area contributed by atoms with Gasteiger partial charge in [0.05, 0.1) is 18.7 Å². The van der Waals surface area contributed by atoms with Crippen LogP contribution < -0.4 is 10.2 Å². The highest BCUT2D eigenvalue weighted by Crippen LogP contribution is 2.33. The summed E-state index contributed by atoms with van der Waals surface area (Å²) in [6.07, 6.45) is 0. The lowest BCUT2D eigenvalue weighted by Gasteiger charge is -2.35. The Kier molecular flexibility index (Phi) is 7.34. The average Bonchev–Trinajstić information content (AvgIpc) is 3.07. The summed E-state index contributed by atoms with van der Waals surface area (Å²) in [5.41, 5.74) is 5.53. The van der Waals surface area contributed by atoms with Crippen LogP contribution in [-0.4, -0.2) is 74.6 Å². The zero-order chi connectivity index (χ0) is 24.2. The van der Waals surface area contributed by atoms with Gasteiger partial charge >= 0.3 is 0 Å². The number of amides is 2. The number of benzene rings is 2. The minimum atomic E-state index is -0.322. The minimum absolute atomic E-state index is 0.219. The molecule has 0 unspecified atom stereocenters. The normalized spacial score (nSPS) is 17.2. The molecule has 2 aliphatic rings. The average molecular weight is 463 g/mol. The topological polar surface area (TPSA) is 65.1 Å². The van der Waals surface area contributed by atoms with Crippen LogP contribution >= 0.6 is 0 Å². The SMILES string of the molecule is CCN1CCN(c2ccc(NC3=C(c4ccc(C)cc4C)C(=O)N(CCOC)C3=O)cc2)CC1. The van der Waals surface area contributed by atoms with Gasteiger partial charge < -0.3 is 19.9 Å². The second-order valence-electron chi connectivity index (χ2n) is 8.92. The number of aryl methyl sites for hydroxylation is 2. The molecule has 180 valence electrons. The molecule has 1 N–H and O–H groups in total. The lowest BCUT2D eigenvalue weighted by molar-refractivity contribution is -0.137. The molecule has 0 saturated carbocycles. The fourth-order valence-electron chi connectivity index (χ4n) is 4.64. The maximum atomic E-state index is 13.3. The summed E-state index contributed by atoms with van der Waals surface area (Å²) in [5.74, 6) is -0.612. The Bertz CT molecular complexity index is 1090. The molecule has 2 heterocycles. The van der Waals surface area contributed by atoms with Crippen molar-refractivity contribution >= 4 is 28.8 Å². The third-order valence-corrected chi connectivity index (χ3v) is 6.66. The summed E-state index contributed by atoms with van der Waals surface area (Å²) in [7, 11) is 1.56. The number of nitrogens with one attached hydrogen (secondary N) is 1. The number of carbonyl (C=O) groups excluding carboxylic acids is 2. The van der Waals surface area contributed by atoms with Gasteiger partial charge in [0.1, 0.15) is 5.70 Å². The van der Waals surface area contributed by atoms with E-state index in [-0.39, 0.29) is 18.4 Å². The van der Waals surface area contributed by atoms with E-state index in [1.165, 1.54) is 10.6 Å². The number of rotatable bonds is 8. The van der Waals surface area contributed by atoms with Crippen molar-refractivity contribution in [2.24, 2.45) is 0 Å². The predicted octanol–water partition coefficient (Wildman–Crippen LogP) is 3.28. The van der Waals surface area contributed by atoms with E-state index in [9.17, 15) is 9.59 Å². The molecular formula is C27H34N4O3. The van der Waals surface area contributed by atoms with E-state index in [2.05, 4.69) is 34.2 Å². The zero-order valence-electron chi connectivity index (χ0n) is 20.6. The van der Waals surface area contributed by atoms with E-state index in [0.717, 1.165) is 55.1 Å². The molecule has 0 radical (unpaired) electrons. The minimum Gasteiger partial charge on any atom is -0.383 e. The van der Waals surface area contributed by atoms with E-state index in [1.807, 2.05) is 44.2 Å². The van der Waals surface area contributed by atoms with E-state index >= 15 is 0 Å². The van der Waals surface area contributed by atoms with Gasteiger partial charge in [-0.05, 0) is 55.8 Å². The Morgan fingerprint density at radius 2 is 1.65 bits per heavy atom. The Hall–Kier alpha value is -3.16. The van der Waals surface area contributed by atoms with Gasteiger partial charge in [-0.1, -0.05) is 30.7 Å². The lowest BCUT2D eigenvalue weighted by atomic mass is 9.97. The van der Waals surface area contributed by atoms with Crippen molar-refractivity contribution in [2.75, 3.05) is 63.2 Å². The smallest absolute Gasteiger partial charge is 0.278 e. The summed E-state index contributed by atoms with van der Waals surface area (Å²) in [6, 6.07) is 14.0. The van der Waals surface area contributed by atoms with Gasteiger partial charge in [-0.2, -0.15) is 0 Å². The van der Waals surface area contributed by atoms with Crippen molar-refractivity contribution in [2.45, 2.75) is 20.8 Å². The van der Waals surface area contributed by atoms with Gasteiger partial charge in [0.25, 0.3) is 11.8 Å². The van der Waals surface area contributed by atoms with Crippen molar-refractivity contribution in [3.8, 4) is 0 Å². The molecule has 2 aliphatic heterocycles. The summed E-state index contributed by atoms with van der Waals surface area (Å²) >= 11 is 0. The fraction of sp³-hybridized carbons (Fsp3) is 0.407. The largest absolute Gasteiger partial charge is 0.383 e. The van der Waals surface area contributed by atoms with Crippen LogP contribution in [0.15, 0.2) is 48.2 Å². The van der Waals surface area contributed by atoms with Crippen molar-refractivity contribution in [3.63, 3.8) is 0 Å². The predicted molar refractivity (Wildman–Crippen MR) is 136 cm³/mol. The highest BCUT2D eigenvalue weighted by Gasteiger charge is 2.39. The van der Waals surface area contributed by atoms with Crippen molar-refractivity contribution in [1.82, 2.24) is 9.80 Å². The molecule has 0 aliphatic carbocycles. The number of ether oxygens (including phenoxy) is 1. The Morgan fingerprint density at radius 1 is 0.941 bits per heavy atom. The number of likely N-dealkylation sites (N-methyl/N-ethyl adjacent to an activating group) is 1. The van der Waals surface area contributed by atoms with E-state index < -0.39 is 0 Å². The maximum absolute atomic E-state index is 13.3. The second kappa shape index (κ2) is 10.4. The van der Waals surface area contributed by atoms with Crippen molar-refractivity contribution < 1.29 is 14.3 Å². The second-order valence-corrected chi connectivity index (χ2v) is 8.92. The first-order chi connectivity index (χ1) is 16.4. The first-order valence-electron chi connectivity index (χ1n) is 11.9. The van der Waals surface area contributed by atoms with Crippen LogP contribution in [0, 0.1) is 13.8 Å². The van der Waals surface area contributed by atoms with Crippen LogP contribution in [-0.2, 0) is 14.3 Å². The number of carbonyl (C=O) groups is 2. The van der Waals surface area contributed by atoms with Crippen LogP contribution in [0.1, 0.15) is 23.6 Å². The third-order valence-electron chi connectivity index (χ3n) is 6.66. The van der Waals surface area contributed by atoms with Gasteiger partial charge in [0.2, 0.25) is 0 Å². The van der Waals surface area contributed by atoms with Crippen LogP contribution in [0.3, 0.4) is 0 Å². The van der Waals surface area contributed by atoms with E-state index in [0.29, 0.717) is 17.9 Å². The molecular weight excluding hydrogens is 428 g/mol. The molecule has 0 spiro atoms. The number of methoxy groups -OCH3 is 1. The molecule has 2 aromatic carbocycles. The lowest BCUT2D eigenvalue weighted by Crippen LogP contribution is -2.46. The van der Waals surface area contributed by atoms with Crippen molar-refractivity contribution in [3.05, 3.63) is 64.9 Å². The number of hydrogen-bond donors (Lipinski definition) is 1. The van der Waals surface area contributed by atoms with Gasteiger partial charge in [-0.25, -0.2) is 0 Å². The van der Waals surface area contributed by atoms with Gasteiger partial charge in [-0.3, -0.25) is 14.5 Å². The molecule has 34 heavy (non-hydrogen) atoms. The monoisotopic (exact) mass is 462 g/mol. The summed E-state index contributed by atoms with van der Waals surface area (Å²) in [4.78, 5) is 32.7. The van der Waals surface area contributed by atoms with E-state index in [4.69, 9.17) is 4.74 Å². The quantitative estimate of drug-likeness (QED) is 0.608. The molecule has 2 aromatic rings. The molecule has 7 nitrogen and oxygen atoms in total. The Balaban J connectivity index is 1.61. The number of imide groups is 1. The highest BCUT2D eigenvalue weighted by molar-refractivity contribution is 6.36. The first-order valence-corrected chi connectivity index (χ1v) is 11.9. The van der Waals surface area contributed by atoms with Gasteiger partial charge in [0, 0.05) is 44.7 Å². The standard InChI is InChI=1S/C27H34N4O3/c1-5-29-12-14-30(15-13-29)22-9-7-21(8-10-22)28-25-24(23-11-6-19(2)18-20(23)3)26(32)31(27(25)33)16-17-34-4/h6-11,18,28H,5,12-17H2,1-4H3. The van der Waals surface area contributed by atoms with Crippen LogP contribution in [0.25, 0.3) is 5.57 Å². The number of hydrogen-bond acceptors (Lipinski definition) is 6. The Labute approximate surface area is 202 Å². The highest BCUT2D eigenvalue weighted by atomic mass is 16.5. The molecule has 0 bridgehead atoms. The zero-order valence-corrected chi connectivity index (χ0v) is 20.6. The number of piperazine rings is 1. The van der Waals surface area contributed by atoms with Crippen LogP contribution in [0.4, 0.5) is 11.4 Å². The summed E-state index contributed by atoms with van der Waals surface area (Å²) in [6.45, 7) is 11.9.